The highest BCUT2D eigenvalue weighted by Crippen LogP contribution is 2.44. The van der Waals surface area contributed by atoms with Crippen LogP contribution in [0.1, 0.15) is 50.7 Å². The Hall–Kier alpha value is -3.35. The van der Waals surface area contributed by atoms with E-state index in [2.05, 4.69) is 17.4 Å². The Balaban J connectivity index is 1.45. The number of carbonyl (C=O) groups excluding carboxylic acids is 2. The molecule has 4 rings (SSSR count). The summed E-state index contributed by atoms with van der Waals surface area (Å²) in [4.78, 5) is 39.3. The van der Waals surface area contributed by atoms with E-state index in [0.717, 1.165) is 35.1 Å². The van der Waals surface area contributed by atoms with Crippen LogP contribution in [0.3, 0.4) is 0 Å². The maximum Gasteiger partial charge on any atom is 0.407 e. The van der Waals surface area contributed by atoms with Crippen LogP contribution >= 0.6 is 0 Å². The van der Waals surface area contributed by atoms with Gasteiger partial charge in [-0.3, -0.25) is 4.79 Å². The summed E-state index contributed by atoms with van der Waals surface area (Å²) in [5, 5.41) is 12.4. The Morgan fingerprint density at radius 3 is 2.21 bits per heavy atom. The molecule has 1 aliphatic carbocycles. The minimum absolute atomic E-state index is 0.0781. The van der Waals surface area contributed by atoms with Gasteiger partial charge in [0.15, 0.2) is 0 Å². The molecular weight excluding hydrogens is 432 g/mol. The topological polar surface area (TPSA) is 95.9 Å². The fraction of sp³-hybridized carbons (Fsp3) is 0.444. The standard InChI is InChI=1S/C27H32N2O5/c1-16(2)23(25(30)29-14-8-9-17(3)24(29)26(31)32)28-27(33)34-15-22-20-12-6-4-10-18(20)19-11-5-7-13-21(19)22/h4-7,10-13,16-17,22-24H,8-9,14-15H2,1-3H3,(H,28,33)(H,31,32). The highest BCUT2D eigenvalue weighted by Gasteiger charge is 2.40. The van der Waals surface area contributed by atoms with Crippen molar-refractivity contribution in [3.63, 3.8) is 0 Å². The fourth-order valence-electron chi connectivity index (χ4n) is 5.27. The van der Waals surface area contributed by atoms with Crippen LogP contribution in [0.5, 0.6) is 0 Å². The molecule has 0 aromatic heterocycles. The molecule has 2 N–H and O–H groups in total. The number of nitrogens with one attached hydrogen (secondary N) is 1. The summed E-state index contributed by atoms with van der Waals surface area (Å²) in [6.45, 7) is 6.03. The number of amides is 2. The van der Waals surface area contributed by atoms with Crippen molar-refractivity contribution in [2.24, 2.45) is 11.8 Å². The highest BCUT2D eigenvalue weighted by atomic mass is 16.5. The van der Waals surface area contributed by atoms with E-state index >= 15 is 0 Å². The highest BCUT2D eigenvalue weighted by molar-refractivity contribution is 5.90. The number of fused-ring (bicyclic) bond motifs is 3. The molecule has 34 heavy (non-hydrogen) atoms. The van der Waals surface area contributed by atoms with E-state index in [-0.39, 0.29) is 30.3 Å². The number of carboxylic acids is 1. The van der Waals surface area contributed by atoms with Crippen molar-refractivity contribution < 1.29 is 24.2 Å². The Labute approximate surface area is 200 Å². The van der Waals surface area contributed by atoms with Crippen molar-refractivity contribution in [3.05, 3.63) is 59.7 Å². The number of piperidine rings is 1. The predicted molar refractivity (Wildman–Crippen MR) is 128 cm³/mol. The number of carboxylic acid groups (broad SMARTS) is 1. The van der Waals surface area contributed by atoms with E-state index in [1.165, 1.54) is 4.90 Å². The van der Waals surface area contributed by atoms with Crippen LogP contribution in [-0.4, -0.2) is 53.2 Å². The molecule has 3 unspecified atom stereocenters. The predicted octanol–water partition coefficient (Wildman–Crippen LogP) is 4.26. The van der Waals surface area contributed by atoms with Crippen molar-refractivity contribution >= 4 is 18.0 Å². The molecule has 7 nitrogen and oxygen atoms in total. The molecule has 180 valence electrons. The number of aliphatic carboxylic acids is 1. The molecule has 3 atom stereocenters. The lowest BCUT2D eigenvalue weighted by Crippen LogP contribution is -2.59. The Morgan fingerprint density at radius 2 is 1.65 bits per heavy atom. The molecule has 1 aliphatic heterocycles. The van der Waals surface area contributed by atoms with E-state index in [1.54, 1.807) is 0 Å². The molecule has 0 spiro atoms. The second kappa shape index (κ2) is 9.87. The second-order valence-electron chi connectivity index (χ2n) is 9.63. The molecular formula is C27H32N2O5. The van der Waals surface area contributed by atoms with Gasteiger partial charge in [0.1, 0.15) is 18.7 Å². The third-order valence-electron chi connectivity index (χ3n) is 7.02. The summed E-state index contributed by atoms with van der Waals surface area (Å²) in [5.74, 6) is -1.82. The minimum Gasteiger partial charge on any atom is -0.480 e. The lowest BCUT2D eigenvalue weighted by Gasteiger charge is -2.39. The van der Waals surface area contributed by atoms with Crippen molar-refractivity contribution in [2.75, 3.05) is 13.2 Å². The molecule has 0 radical (unpaired) electrons. The number of benzene rings is 2. The Morgan fingerprint density at radius 1 is 1.06 bits per heavy atom. The van der Waals surface area contributed by atoms with Crippen molar-refractivity contribution in [2.45, 2.75) is 51.6 Å². The first-order chi connectivity index (χ1) is 16.3. The Kier molecular flexibility index (Phi) is 6.91. The third-order valence-corrected chi connectivity index (χ3v) is 7.02. The molecule has 2 aromatic rings. The second-order valence-corrected chi connectivity index (χ2v) is 9.63. The van der Waals surface area contributed by atoms with Crippen molar-refractivity contribution in [1.29, 1.82) is 0 Å². The number of nitrogens with zero attached hydrogens (tertiary/aromatic N) is 1. The van der Waals surface area contributed by atoms with Crippen molar-refractivity contribution in [3.8, 4) is 11.1 Å². The molecule has 2 amide bonds. The van der Waals surface area contributed by atoms with Gasteiger partial charge in [0.2, 0.25) is 5.91 Å². The number of alkyl carbamates (subject to hydrolysis) is 1. The lowest BCUT2D eigenvalue weighted by molar-refractivity contribution is -0.156. The summed E-state index contributed by atoms with van der Waals surface area (Å²) >= 11 is 0. The van der Waals surface area contributed by atoms with E-state index in [9.17, 15) is 19.5 Å². The van der Waals surface area contributed by atoms with Gasteiger partial charge >= 0.3 is 12.1 Å². The first-order valence-electron chi connectivity index (χ1n) is 11.9. The molecule has 7 heteroatoms. The molecule has 0 bridgehead atoms. The van der Waals surface area contributed by atoms with Crippen LogP contribution in [0.25, 0.3) is 11.1 Å². The van der Waals surface area contributed by atoms with E-state index in [1.807, 2.05) is 57.2 Å². The maximum absolute atomic E-state index is 13.3. The van der Waals surface area contributed by atoms with Gasteiger partial charge in [-0.15, -0.1) is 0 Å². The number of hydrogen-bond acceptors (Lipinski definition) is 4. The number of carbonyl (C=O) groups is 3. The van der Waals surface area contributed by atoms with Crippen LogP contribution in [-0.2, 0) is 14.3 Å². The molecule has 1 heterocycles. The van der Waals surface area contributed by atoms with E-state index in [4.69, 9.17) is 4.74 Å². The summed E-state index contributed by atoms with van der Waals surface area (Å²) in [5.41, 5.74) is 4.50. The smallest absolute Gasteiger partial charge is 0.407 e. The summed E-state index contributed by atoms with van der Waals surface area (Å²) in [7, 11) is 0. The van der Waals surface area contributed by atoms with Crippen molar-refractivity contribution in [1.82, 2.24) is 10.2 Å². The first-order valence-corrected chi connectivity index (χ1v) is 11.9. The number of hydrogen-bond donors (Lipinski definition) is 2. The van der Waals surface area contributed by atoms with Gasteiger partial charge in [-0.1, -0.05) is 69.3 Å². The summed E-state index contributed by atoms with van der Waals surface area (Å²) < 4.78 is 5.62. The monoisotopic (exact) mass is 464 g/mol. The van der Waals surface area contributed by atoms with Crippen LogP contribution in [0.4, 0.5) is 4.79 Å². The van der Waals surface area contributed by atoms with Crippen LogP contribution in [0, 0.1) is 11.8 Å². The zero-order valence-corrected chi connectivity index (χ0v) is 19.9. The average Bonchev–Trinajstić information content (AvgIpc) is 3.14. The summed E-state index contributed by atoms with van der Waals surface area (Å²) in [6, 6.07) is 14.4. The first kappa shape index (κ1) is 23.8. The van der Waals surface area contributed by atoms with Gasteiger partial charge in [-0.2, -0.15) is 0 Å². The quantitative estimate of drug-likeness (QED) is 0.666. The molecule has 1 saturated heterocycles. The lowest BCUT2D eigenvalue weighted by atomic mass is 9.89. The normalized spacial score (nSPS) is 20.4. The zero-order chi connectivity index (χ0) is 24.4. The molecule has 0 saturated carbocycles. The molecule has 2 aliphatic rings. The van der Waals surface area contributed by atoms with Crippen LogP contribution < -0.4 is 5.32 Å². The van der Waals surface area contributed by atoms with Crippen LogP contribution in [0.15, 0.2) is 48.5 Å². The molecule has 1 fully saturated rings. The van der Waals surface area contributed by atoms with Gasteiger partial charge in [-0.25, -0.2) is 9.59 Å². The average molecular weight is 465 g/mol. The van der Waals surface area contributed by atoms with E-state index < -0.39 is 24.1 Å². The van der Waals surface area contributed by atoms with Gasteiger partial charge in [0.25, 0.3) is 0 Å². The van der Waals surface area contributed by atoms with Crippen LogP contribution in [0.2, 0.25) is 0 Å². The number of rotatable bonds is 6. The third kappa shape index (κ3) is 4.52. The Bertz CT molecular complexity index is 1040. The van der Waals surface area contributed by atoms with Gasteiger partial charge in [0, 0.05) is 12.5 Å². The zero-order valence-electron chi connectivity index (χ0n) is 19.9. The largest absolute Gasteiger partial charge is 0.480 e. The fourth-order valence-corrected chi connectivity index (χ4v) is 5.27. The van der Waals surface area contributed by atoms with Gasteiger partial charge in [-0.05, 0) is 46.9 Å². The van der Waals surface area contributed by atoms with E-state index in [0.29, 0.717) is 6.54 Å². The molecule has 2 aromatic carbocycles. The van der Waals surface area contributed by atoms with Gasteiger partial charge < -0.3 is 20.1 Å². The SMILES string of the molecule is CC(C)C(NC(=O)OCC1c2ccccc2-c2ccccc21)C(=O)N1CCCC(C)C1C(=O)O. The number of ether oxygens (including phenoxy) is 1. The number of likely N-dealkylation sites (tertiary alicyclic amines) is 1. The summed E-state index contributed by atoms with van der Waals surface area (Å²) in [6.07, 6.45) is 0.824. The van der Waals surface area contributed by atoms with Gasteiger partial charge in [0.05, 0.1) is 0 Å². The maximum atomic E-state index is 13.3. The minimum atomic E-state index is -1.01.